The topological polar surface area (TPSA) is 54.7 Å². The minimum Gasteiger partial charge on any atom is -0.496 e. The molecule has 1 N–H and O–H groups in total. The first-order chi connectivity index (χ1) is 14.8. The first-order valence-corrected chi connectivity index (χ1v) is 11.1. The third kappa shape index (κ3) is 5.38. The van der Waals surface area contributed by atoms with Gasteiger partial charge in [0.05, 0.1) is 13.4 Å². The van der Waals surface area contributed by atoms with Crippen molar-refractivity contribution in [2.75, 3.05) is 34.3 Å². The predicted octanol–water partition coefficient (Wildman–Crippen LogP) is 5.65. The number of amides is 1. The summed E-state index contributed by atoms with van der Waals surface area (Å²) < 4.78 is 12.6. The monoisotopic (exact) mass is 484 g/mol. The van der Waals surface area contributed by atoms with Crippen LogP contribution in [0.5, 0.6) is 5.75 Å². The molecule has 0 aliphatic heterocycles. The molecular weight excluding hydrogens is 456 g/mol. The smallest absolute Gasteiger partial charge is 0.244 e. The first-order valence-electron chi connectivity index (χ1n) is 10.3. The largest absolute Gasteiger partial charge is 0.496 e. The number of nitrogens with one attached hydrogen (secondary N) is 1. The summed E-state index contributed by atoms with van der Waals surface area (Å²) in [6.45, 7) is 5.49. The maximum Gasteiger partial charge on any atom is 0.244 e. The molecule has 3 rings (SSSR count). The molecular formula is C25H29BrN2O3. The average molecular weight is 485 g/mol. The molecule has 0 saturated heterocycles. The van der Waals surface area contributed by atoms with Crippen LogP contribution >= 0.6 is 15.9 Å². The molecule has 0 aliphatic rings. The van der Waals surface area contributed by atoms with Crippen LogP contribution in [-0.2, 0) is 4.79 Å². The summed E-state index contributed by atoms with van der Waals surface area (Å²) in [6, 6.07) is 10.2. The quantitative estimate of drug-likeness (QED) is 0.331. The lowest BCUT2D eigenvalue weighted by atomic mass is 9.96. The van der Waals surface area contributed by atoms with Gasteiger partial charge in [0.1, 0.15) is 11.3 Å². The number of hydrogen-bond donors (Lipinski definition) is 1. The SMILES string of the molecule is COc1c(/C(C)=C/C(=O)NCCCN(C)C)cc2c(-c3ccc(Br)cc3)coc2c1C. The van der Waals surface area contributed by atoms with Crippen LogP contribution in [0.25, 0.3) is 27.7 Å². The van der Waals surface area contributed by atoms with Crippen molar-refractivity contribution < 1.29 is 13.9 Å². The van der Waals surface area contributed by atoms with E-state index in [-0.39, 0.29) is 5.91 Å². The molecule has 0 bridgehead atoms. The molecule has 164 valence electrons. The molecule has 5 nitrogen and oxygen atoms in total. The first kappa shape index (κ1) is 23.1. The second kappa shape index (κ2) is 10.2. The van der Waals surface area contributed by atoms with Gasteiger partial charge < -0.3 is 19.4 Å². The zero-order valence-corrected chi connectivity index (χ0v) is 20.3. The molecule has 0 spiro atoms. The van der Waals surface area contributed by atoms with Crippen LogP contribution in [0.3, 0.4) is 0 Å². The van der Waals surface area contributed by atoms with Gasteiger partial charge in [-0.3, -0.25) is 4.79 Å². The van der Waals surface area contributed by atoms with Gasteiger partial charge in [-0.2, -0.15) is 0 Å². The third-order valence-electron chi connectivity index (χ3n) is 5.26. The number of methoxy groups -OCH3 is 1. The highest BCUT2D eigenvalue weighted by atomic mass is 79.9. The van der Waals surface area contributed by atoms with Crippen LogP contribution in [-0.4, -0.2) is 45.1 Å². The molecule has 6 heteroatoms. The van der Waals surface area contributed by atoms with Crippen molar-refractivity contribution >= 4 is 38.4 Å². The zero-order chi connectivity index (χ0) is 22.5. The molecule has 0 unspecified atom stereocenters. The second-order valence-electron chi connectivity index (χ2n) is 7.89. The number of ether oxygens (including phenoxy) is 1. The van der Waals surface area contributed by atoms with E-state index in [9.17, 15) is 4.79 Å². The normalized spacial score (nSPS) is 11.9. The highest BCUT2D eigenvalue weighted by Gasteiger charge is 2.18. The Hall–Kier alpha value is -2.57. The van der Waals surface area contributed by atoms with Gasteiger partial charge in [-0.1, -0.05) is 28.1 Å². The molecule has 0 atom stereocenters. The molecule has 2 aromatic carbocycles. The lowest BCUT2D eigenvalue weighted by molar-refractivity contribution is -0.116. The number of carbonyl (C=O) groups excluding carboxylic acids is 1. The van der Waals surface area contributed by atoms with Crippen LogP contribution in [0.2, 0.25) is 0 Å². The van der Waals surface area contributed by atoms with Gasteiger partial charge in [-0.05, 0) is 70.2 Å². The fourth-order valence-electron chi connectivity index (χ4n) is 3.66. The van der Waals surface area contributed by atoms with E-state index in [0.29, 0.717) is 6.54 Å². The summed E-state index contributed by atoms with van der Waals surface area (Å²) >= 11 is 3.48. The van der Waals surface area contributed by atoms with E-state index in [0.717, 1.165) is 62.0 Å². The second-order valence-corrected chi connectivity index (χ2v) is 8.81. The van der Waals surface area contributed by atoms with Crippen molar-refractivity contribution in [1.29, 1.82) is 0 Å². The van der Waals surface area contributed by atoms with Crippen LogP contribution in [0.1, 0.15) is 24.5 Å². The number of furan rings is 1. The standard InChI is InChI=1S/C25H29BrN2O3/c1-16(13-23(29)27-11-6-12-28(3)4)20-14-21-22(18-7-9-19(26)10-8-18)15-31-25(21)17(2)24(20)30-5/h7-10,13-15H,6,11-12H2,1-5H3,(H,27,29)/b16-13+. The predicted molar refractivity (Wildman–Crippen MR) is 130 cm³/mol. The number of carbonyl (C=O) groups is 1. The molecule has 3 aromatic rings. The van der Waals surface area contributed by atoms with Crippen LogP contribution in [0.4, 0.5) is 0 Å². The fraction of sp³-hybridized carbons (Fsp3) is 0.320. The minimum atomic E-state index is -0.101. The Balaban J connectivity index is 1.96. The fourth-order valence-corrected chi connectivity index (χ4v) is 3.92. The average Bonchev–Trinajstić information content (AvgIpc) is 3.16. The van der Waals surface area contributed by atoms with Gasteiger partial charge in [-0.15, -0.1) is 0 Å². The van der Waals surface area contributed by atoms with Gasteiger partial charge in [0.15, 0.2) is 0 Å². The Morgan fingerprint density at radius 3 is 2.61 bits per heavy atom. The van der Waals surface area contributed by atoms with E-state index in [1.54, 1.807) is 19.4 Å². The molecule has 0 radical (unpaired) electrons. The van der Waals surface area contributed by atoms with Gasteiger partial charge in [0, 0.05) is 39.2 Å². The molecule has 0 fully saturated rings. The maximum atomic E-state index is 12.4. The summed E-state index contributed by atoms with van der Waals surface area (Å²) in [7, 11) is 5.69. The number of benzene rings is 2. The van der Waals surface area contributed by atoms with Crippen molar-refractivity contribution in [2.45, 2.75) is 20.3 Å². The van der Waals surface area contributed by atoms with E-state index >= 15 is 0 Å². The number of halogens is 1. The minimum absolute atomic E-state index is 0.101. The highest BCUT2D eigenvalue weighted by molar-refractivity contribution is 9.10. The number of rotatable bonds is 8. The molecule has 1 amide bonds. The molecule has 31 heavy (non-hydrogen) atoms. The van der Waals surface area contributed by atoms with Gasteiger partial charge in [0.2, 0.25) is 5.91 Å². The summed E-state index contributed by atoms with van der Waals surface area (Å²) in [5.41, 5.74) is 5.51. The Morgan fingerprint density at radius 1 is 1.26 bits per heavy atom. The van der Waals surface area contributed by atoms with Gasteiger partial charge in [-0.25, -0.2) is 0 Å². The molecule has 1 aromatic heterocycles. The van der Waals surface area contributed by atoms with E-state index in [4.69, 9.17) is 9.15 Å². The number of nitrogens with zero attached hydrogens (tertiary/aromatic N) is 1. The lowest BCUT2D eigenvalue weighted by Gasteiger charge is -2.13. The van der Waals surface area contributed by atoms with Gasteiger partial charge in [0.25, 0.3) is 0 Å². The summed E-state index contributed by atoms with van der Waals surface area (Å²) in [6.07, 6.45) is 4.32. The van der Waals surface area contributed by atoms with Crippen molar-refractivity contribution in [3.8, 4) is 16.9 Å². The van der Waals surface area contributed by atoms with E-state index in [1.807, 2.05) is 46.1 Å². The Labute approximate surface area is 192 Å². The highest BCUT2D eigenvalue weighted by Crippen LogP contribution is 2.40. The van der Waals surface area contributed by atoms with Crippen molar-refractivity contribution in [2.24, 2.45) is 0 Å². The molecule has 0 aliphatic carbocycles. The van der Waals surface area contributed by atoms with Crippen LogP contribution in [0.15, 0.2) is 51.6 Å². The summed E-state index contributed by atoms with van der Waals surface area (Å²) in [5.74, 6) is 0.620. The molecule has 1 heterocycles. The van der Waals surface area contributed by atoms with E-state index in [2.05, 4.69) is 38.3 Å². The lowest BCUT2D eigenvalue weighted by Crippen LogP contribution is -2.25. The Kier molecular flexibility index (Phi) is 7.57. The van der Waals surface area contributed by atoms with Crippen molar-refractivity contribution in [1.82, 2.24) is 10.2 Å². The third-order valence-corrected chi connectivity index (χ3v) is 5.79. The number of fused-ring (bicyclic) bond motifs is 1. The summed E-state index contributed by atoms with van der Waals surface area (Å²) in [5, 5.41) is 3.95. The van der Waals surface area contributed by atoms with E-state index < -0.39 is 0 Å². The summed E-state index contributed by atoms with van der Waals surface area (Å²) in [4.78, 5) is 14.5. The number of hydrogen-bond acceptors (Lipinski definition) is 4. The maximum absolute atomic E-state index is 12.4. The number of aryl methyl sites for hydroxylation is 1. The van der Waals surface area contributed by atoms with Crippen LogP contribution < -0.4 is 10.1 Å². The van der Waals surface area contributed by atoms with Crippen molar-refractivity contribution in [3.05, 3.63) is 58.3 Å². The van der Waals surface area contributed by atoms with Crippen LogP contribution in [0, 0.1) is 6.92 Å². The zero-order valence-electron chi connectivity index (χ0n) is 18.7. The number of allylic oxidation sites excluding steroid dienone is 1. The molecule has 0 saturated carbocycles. The van der Waals surface area contributed by atoms with Crippen molar-refractivity contribution in [3.63, 3.8) is 0 Å². The van der Waals surface area contributed by atoms with E-state index in [1.165, 1.54) is 0 Å². The Morgan fingerprint density at radius 2 is 1.97 bits per heavy atom. The Bertz CT molecular complexity index is 1100. The van der Waals surface area contributed by atoms with Gasteiger partial charge >= 0.3 is 0 Å².